The van der Waals surface area contributed by atoms with Gasteiger partial charge in [-0.25, -0.2) is 0 Å². The maximum Gasteiger partial charge on any atom is 0.251 e. The number of hydrogen-bond acceptors (Lipinski definition) is 4. The zero-order valence-corrected chi connectivity index (χ0v) is 15.8. The molecule has 0 bridgehead atoms. The van der Waals surface area contributed by atoms with Crippen LogP contribution in [0.4, 0.5) is 5.69 Å². The molecule has 2 N–H and O–H groups in total. The standard InChI is InChI=1S/C20H32N4O/c1-15(2)23-11-13-24(14-12-23)18-8-6-17(7-9-18)20(25)22-19-5-4-10-21-16(19)3/h6-9,15-16,19,21H,4-5,10-14H2,1-3H3,(H,22,25). The minimum atomic E-state index is 0.0386. The first kappa shape index (κ1) is 18.2. The molecule has 1 aromatic carbocycles. The smallest absolute Gasteiger partial charge is 0.251 e. The van der Waals surface area contributed by atoms with Gasteiger partial charge >= 0.3 is 0 Å². The molecule has 0 aromatic heterocycles. The summed E-state index contributed by atoms with van der Waals surface area (Å²) in [6, 6.07) is 9.27. The fourth-order valence-corrected chi connectivity index (χ4v) is 3.81. The Hall–Kier alpha value is -1.59. The number of nitrogens with one attached hydrogen (secondary N) is 2. The summed E-state index contributed by atoms with van der Waals surface area (Å²) in [5.41, 5.74) is 1.97. The highest BCUT2D eigenvalue weighted by Gasteiger charge is 2.23. The van der Waals surface area contributed by atoms with Gasteiger partial charge in [0.1, 0.15) is 0 Å². The molecule has 5 nitrogen and oxygen atoms in total. The number of benzene rings is 1. The molecule has 138 valence electrons. The fourth-order valence-electron chi connectivity index (χ4n) is 3.81. The number of anilines is 1. The van der Waals surface area contributed by atoms with Crippen molar-refractivity contribution in [2.75, 3.05) is 37.6 Å². The van der Waals surface area contributed by atoms with Crippen LogP contribution in [-0.4, -0.2) is 61.7 Å². The molecule has 25 heavy (non-hydrogen) atoms. The Labute approximate surface area is 151 Å². The number of piperazine rings is 1. The molecule has 0 saturated carbocycles. The van der Waals surface area contributed by atoms with Crippen LogP contribution in [0.1, 0.15) is 44.0 Å². The Balaban J connectivity index is 1.56. The number of nitrogens with zero attached hydrogens (tertiary/aromatic N) is 2. The van der Waals surface area contributed by atoms with Gasteiger partial charge in [-0.1, -0.05) is 0 Å². The van der Waals surface area contributed by atoms with E-state index in [1.54, 1.807) is 0 Å². The van der Waals surface area contributed by atoms with E-state index in [4.69, 9.17) is 0 Å². The molecule has 2 saturated heterocycles. The van der Waals surface area contributed by atoms with Gasteiger partial charge in [0.25, 0.3) is 5.91 Å². The molecule has 2 aliphatic rings. The zero-order chi connectivity index (χ0) is 17.8. The van der Waals surface area contributed by atoms with Crippen LogP contribution in [0.25, 0.3) is 0 Å². The molecular weight excluding hydrogens is 312 g/mol. The first-order chi connectivity index (χ1) is 12.0. The maximum absolute atomic E-state index is 12.5. The van der Waals surface area contributed by atoms with Crippen molar-refractivity contribution in [3.05, 3.63) is 29.8 Å². The van der Waals surface area contributed by atoms with Crippen LogP contribution in [0.5, 0.6) is 0 Å². The third kappa shape index (κ3) is 4.53. The molecule has 2 aliphatic heterocycles. The van der Waals surface area contributed by atoms with Crippen LogP contribution in [0.3, 0.4) is 0 Å². The topological polar surface area (TPSA) is 47.6 Å². The molecule has 3 rings (SSSR count). The van der Waals surface area contributed by atoms with Crippen LogP contribution >= 0.6 is 0 Å². The van der Waals surface area contributed by atoms with E-state index in [0.717, 1.165) is 51.1 Å². The Morgan fingerprint density at radius 3 is 2.44 bits per heavy atom. The predicted molar refractivity (Wildman–Crippen MR) is 103 cm³/mol. The lowest BCUT2D eigenvalue weighted by Gasteiger charge is -2.38. The molecule has 5 heteroatoms. The highest BCUT2D eigenvalue weighted by Crippen LogP contribution is 2.18. The monoisotopic (exact) mass is 344 g/mol. The van der Waals surface area contributed by atoms with Gasteiger partial charge < -0.3 is 15.5 Å². The summed E-state index contributed by atoms with van der Waals surface area (Å²) in [5, 5.41) is 6.61. The summed E-state index contributed by atoms with van der Waals surface area (Å²) in [4.78, 5) is 17.4. The van der Waals surface area contributed by atoms with Gasteiger partial charge in [0.15, 0.2) is 0 Å². The Morgan fingerprint density at radius 1 is 1.16 bits per heavy atom. The van der Waals surface area contributed by atoms with E-state index >= 15 is 0 Å². The lowest BCUT2D eigenvalue weighted by Crippen LogP contribution is -2.51. The van der Waals surface area contributed by atoms with Gasteiger partial charge in [0.05, 0.1) is 0 Å². The second-order valence-corrected chi connectivity index (χ2v) is 7.63. The molecule has 2 unspecified atom stereocenters. The van der Waals surface area contributed by atoms with Gasteiger partial charge in [-0.2, -0.15) is 0 Å². The van der Waals surface area contributed by atoms with E-state index in [1.165, 1.54) is 5.69 Å². The molecule has 2 fully saturated rings. The van der Waals surface area contributed by atoms with Crippen molar-refractivity contribution in [1.82, 2.24) is 15.5 Å². The second kappa shape index (κ2) is 8.19. The van der Waals surface area contributed by atoms with Crippen molar-refractivity contribution in [2.45, 2.75) is 51.7 Å². The Bertz CT molecular complexity index is 564. The number of rotatable bonds is 4. The quantitative estimate of drug-likeness (QED) is 0.878. The highest BCUT2D eigenvalue weighted by molar-refractivity contribution is 5.94. The number of hydrogen-bond donors (Lipinski definition) is 2. The van der Waals surface area contributed by atoms with Gasteiger partial charge in [0.2, 0.25) is 0 Å². The summed E-state index contributed by atoms with van der Waals surface area (Å²) in [6.07, 6.45) is 2.18. The molecule has 0 aliphatic carbocycles. The maximum atomic E-state index is 12.5. The van der Waals surface area contributed by atoms with Crippen LogP contribution in [0, 0.1) is 0 Å². The number of piperidine rings is 1. The Kier molecular flexibility index (Phi) is 5.97. The zero-order valence-electron chi connectivity index (χ0n) is 15.8. The van der Waals surface area contributed by atoms with Gasteiger partial charge in [0, 0.05) is 55.6 Å². The summed E-state index contributed by atoms with van der Waals surface area (Å²) < 4.78 is 0. The van der Waals surface area contributed by atoms with Crippen molar-refractivity contribution in [2.24, 2.45) is 0 Å². The molecular formula is C20H32N4O. The van der Waals surface area contributed by atoms with Crippen molar-refractivity contribution in [1.29, 1.82) is 0 Å². The van der Waals surface area contributed by atoms with Gasteiger partial charge in [-0.3, -0.25) is 9.69 Å². The van der Waals surface area contributed by atoms with Crippen LogP contribution in [0.2, 0.25) is 0 Å². The van der Waals surface area contributed by atoms with E-state index in [0.29, 0.717) is 12.1 Å². The van der Waals surface area contributed by atoms with E-state index in [1.807, 2.05) is 12.1 Å². The number of carbonyl (C=O) groups is 1. The predicted octanol–water partition coefficient (Wildman–Crippen LogP) is 2.09. The average molecular weight is 345 g/mol. The van der Waals surface area contributed by atoms with Crippen LogP contribution < -0.4 is 15.5 Å². The van der Waals surface area contributed by atoms with E-state index in [9.17, 15) is 4.79 Å². The van der Waals surface area contributed by atoms with E-state index in [-0.39, 0.29) is 11.9 Å². The summed E-state index contributed by atoms with van der Waals surface area (Å²) in [6.45, 7) is 12.0. The minimum Gasteiger partial charge on any atom is -0.369 e. The normalized spacial score (nSPS) is 25.2. The van der Waals surface area contributed by atoms with Crippen LogP contribution in [0.15, 0.2) is 24.3 Å². The summed E-state index contributed by atoms with van der Waals surface area (Å²) >= 11 is 0. The number of amides is 1. The van der Waals surface area contributed by atoms with Crippen molar-refractivity contribution >= 4 is 11.6 Å². The molecule has 1 aromatic rings. The molecule has 0 spiro atoms. The molecule has 0 radical (unpaired) electrons. The summed E-state index contributed by atoms with van der Waals surface area (Å²) in [7, 11) is 0. The van der Waals surface area contributed by atoms with Gasteiger partial charge in [-0.05, 0) is 64.4 Å². The molecule has 2 heterocycles. The third-order valence-electron chi connectivity index (χ3n) is 5.62. The van der Waals surface area contributed by atoms with Crippen molar-refractivity contribution < 1.29 is 4.79 Å². The minimum absolute atomic E-state index is 0.0386. The molecule has 2 atom stereocenters. The third-order valence-corrected chi connectivity index (χ3v) is 5.62. The fraction of sp³-hybridized carbons (Fsp3) is 0.650. The first-order valence-electron chi connectivity index (χ1n) is 9.68. The lowest BCUT2D eigenvalue weighted by molar-refractivity contribution is 0.0920. The van der Waals surface area contributed by atoms with Crippen molar-refractivity contribution in [3.8, 4) is 0 Å². The van der Waals surface area contributed by atoms with Gasteiger partial charge in [-0.15, -0.1) is 0 Å². The number of carbonyl (C=O) groups excluding carboxylic acids is 1. The lowest BCUT2D eigenvalue weighted by atomic mass is 9.99. The Morgan fingerprint density at radius 2 is 1.84 bits per heavy atom. The average Bonchev–Trinajstić information content (AvgIpc) is 2.64. The van der Waals surface area contributed by atoms with Crippen molar-refractivity contribution in [3.63, 3.8) is 0 Å². The molecule has 1 amide bonds. The van der Waals surface area contributed by atoms with E-state index in [2.05, 4.69) is 53.3 Å². The SMILES string of the molecule is CC1NCCCC1NC(=O)c1ccc(N2CCN(C(C)C)CC2)cc1. The largest absolute Gasteiger partial charge is 0.369 e. The highest BCUT2D eigenvalue weighted by atomic mass is 16.1. The van der Waals surface area contributed by atoms with Crippen LogP contribution in [-0.2, 0) is 0 Å². The van der Waals surface area contributed by atoms with E-state index < -0.39 is 0 Å². The second-order valence-electron chi connectivity index (χ2n) is 7.63. The summed E-state index contributed by atoms with van der Waals surface area (Å²) in [5.74, 6) is 0.0386. The first-order valence-corrected chi connectivity index (χ1v) is 9.68.